The lowest BCUT2D eigenvalue weighted by Gasteiger charge is -2.31. The first-order valence-corrected chi connectivity index (χ1v) is 10.4. The smallest absolute Gasteiger partial charge is 0.238 e. The lowest BCUT2D eigenvalue weighted by molar-refractivity contribution is -0.117. The molecule has 1 N–H and O–H groups in total. The van der Waals surface area contributed by atoms with E-state index in [1.54, 1.807) is 6.20 Å². The van der Waals surface area contributed by atoms with Gasteiger partial charge in [-0.25, -0.2) is 0 Å². The molecule has 1 fully saturated rings. The Morgan fingerprint density at radius 1 is 1.03 bits per heavy atom. The maximum absolute atomic E-state index is 12.7. The van der Waals surface area contributed by atoms with Crippen LogP contribution in [0.3, 0.4) is 0 Å². The molecule has 29 heavy (non-hydrogen) atoms. The van der Waals surface area contributed by atoms with Crippen molar-refractivity contribution >= 4 is 28.2 Å². The molecule has 4 rings (SSSR count). The number of nitrogens with zero attached hydrogens (tertiary/aromatic N) is 3. The Kier molecular flexibility index (Phi) is 6.06. The van der Waals surface area contributed by atoms with Crippen molar-refractivity contribution < 1.29 is 4.79 Å². The molecular formula is C24H28N4O. The van der Waals surface area contributed by atoms with Crippen LogP contribution in [0.15, 0.2) is 60.8 Å². The van der Waals surface area contributed by atoms with Crippen molar-refractivity contribution in [2.75, 3.05) is 36.9 Å². The summed E-state index contributed by atoms with van der Waals surface area (Å²) < 4.78 is 0. The summed E-state index contributed by atoms with van der Waals surface area (Å²) in [6.45, 7) is 3.33. The number of amides is 1. The molecule has 1 aliphatic heterocycles. The fourth-order valence-corrected chi connectivity index (χ4v) is 4.08. The van der Waals surface area contributed by atoms with Gasteiger partial charge in [0.1, 0.15) is 0 Å². The highest BCUT2D eigenvalue weighted by Gasteiger charge is 2.16. The summed E-state index contributed by atoms with van der Waals surface area (Å²) >= 11 is 0. The van der Waals surface area contributed by atoms with E-state index in [0.717, 1.165) is 36.2 Å². The summed E-state index contributed by atoms with van der Waals surface area (Å²) in [6.07, 6.45) is 5.60. The van der Waals surface area contributed by atoms with Gasteiger partial charge in [-0.3, -0.25) is 14.7 Å². The van der Waals surface area contributed by atoms with Crippen LogP contribution in [0.2, 0.25) is 0 Å². The van der Waals surface area contributed by atoms with Gasteiger partial charge in [0.15, 0.2) is 0 Å². The summed E-state index contributed by atoms with van der Waals surface area (Å²) in [6, 6.07) is 18.2. The Labute approximate surface area is 172 Å². The molecule has 2 heterocycles. The average molecular weight is 389 g/mol. The lowest BCUT2D eigenvalue weighted by atomic mass is 10.1. The zero-order chi connectivity index (χ0) is 20.1. The number of para-hydroxylation sites is 1. The number of anilines is 2. The average Bonchev–Trinajstić information content (AvgIpc) is 2.75. The number of hydrogen-bond donors (Lipinski definition) is 1. The number of benzene rings is 2. The summed E-state index contributed by atoms with van der Waals surface area (Å²) in [5, 5.41) is 4.01. The first kappa shape index (κ1) is 19.4. The van der Waals surface area contributed by atoms with Crippen molar-refractivity contribution in [3.63, 3.8) is 0 Å². The molecule has 150 valence electrons. The fourth-order valence-electron chi connectivity index (χ4n) is 4.08. The minimum atomic E-state index is -0.0145. The molecule has 0 bridgehead atoms. The monoisotopic (exact) mass is 388 g/mol. The number of nitrogens with one attached hydrogen (secondary N) is 1. The molecule has 0 aliphatic carbocycles. The molecule has 0 radical (unpaired) electrons. The van der Waals surface area contributed by atoms with E-state index < -0.39 is 0 Å². The molecule has 0 saturated carbocycles. The zero-order valence-corrected chi connectivity index (χ0v) is 17.0. The first-order chi connectivity index (χ1) is 14.2. The Morgan fingerprint density at radius 2 is 1.86 bits per heavy atom. The van der Waals surface area contributed by atoms with Crippen molar-refractivity contribution in [2.45, 2.75) is 25.8 Å². The van der Waals surface area contributed by atoms with E-state index in [2.05, 4.69) is 44.4 Å². The predicted octanol–water partition coefficient (Wildman–Crippen LogP) is 4.30. The van der Waals surface area contributed by atoms with Gasteiger partial charge in [0.05, 0.1) is 17.7 Å². The highest BCUT2D eigenvalue weighted by atomic mass is 16.2. The quantitative estimate of drug-likeness (QED) is 0.684. The fraction of sp³-hybridized carbons (Fsp3) is 0.333. The molecule has 0 unspecified atom stereocenters. The van der Waals surface area contributed by atoms with Crippen molar-refractivity contribution in [1.82, 2.24) is 9.88 Å². The third-order valence-electron chi connectivity index (χ3n) is 5.46. The number of carbonyl (C=O) groups excluding carboxylic acids is 1. The largest absolute Gasteiger partial charge is 0.371 e. The molecule has 1 aromatic heterocycles. The van der Waals surface area contributed by atoms with E-state index in [1.807, 2.05) is 37.4 Å². The SMILES string of the molecule is CN(CC(=O)Nc1cccc2ncccc12)Cc1ccccc1N1CCCCC1. The number of carbonyl (C=O) groups is 1. The molecule has 1 aliphatic rings. The van der Waals surface area contributed by atoms with Crippen molar-refractivity contribution in [3.8, 4) is 0 Å². The Balaban J connectivity index is 1.41. The molecule has 5 nitrogen and oxygen atoms in total. The third kappa shape index (κ3) is 4.74. The number of fused-ring (bicyclic) bond motifs is 1. The maximum Gasteiger partial charge on any atom is 0.238 e. The topological polar surface area (TPSA) is 48.5 Å². The summed E-state index contributed by atoms with van der Waals surface area (Å²) in [7, 11) is 2.00. The van der Waals surface area contributed by atoms with Gasteiger partial charge in [0.25, 0.3) is 0 Å². The van der Waals surface area contributed by atoms with Gasteiger partial charge in [-0.1, -0.05) is 24.3 Å². The predicted molar refractivity (Wildman–Crippen MR) is 119 cm³/mol. The third-order valence-corrected chi connectivity index (χ3v) is 5.46. The van der Waals surface area contributed by atoms with E-state index in [0.29, 0.717) is 6.54 Å². The summed E-state index contributed by atoms with van der Waals surface area (Å²) in [5.41, 5.74) is 4.27. The number of pyridine rings is 1. The van der Waals surface area contributed by atoms with Crippen LogP contribution in [0.4, 0.5) is 11.4 Å². The van der Waals surface area contributed by atoms with Crippen molar-refractivity contribution in [1.29, 1.82) is 0 Å². The summed E-state index contributed by atoms with van der Waals surface area (Å²) in [5.74, 6) is -0.0145. The number of rotatable bonds is 6. The van der Waals surface area contributed by atoms with Crippen molar-refractivity contribution in [2.24, 2.45) is 0 Å². The van der Waals surface area contributed by atoms with Gasteiger partial charge in [-0.2, -0.15) is 0 Å². The highest BCUT2D eigenvalue weighted by molar-refractivity contribution is 6.01. The molecular weight excluding hydrogens is 360 g/mol. The Hall–Kier alpha value is -2.92. The van der Waals surface area contributed by atoms with Gasteiger partial charge in [-0.15, -0.1) is 0 Å². The van der Waals surface area contributed by atoms with Crippen LogP contribution in [0.1, 0.15) is 24.8 Å². The molecule has 0 atom stereocenters. The van der Waals surface area contributed by atoms with Crippen LogP contribution < -0.4 is 10.2 Å². The lowest BCUT2D eigenvalue weighted by Crippen LogP contribution is -2.33. The van der Waals surface area contributed by atoms with Gasteiger partial charge in [-0.05, 0) is 62.2 Å². The minimum absolute atomic E-state index is 0.0145. The van der Waals surface area contributed by atoms with Crippen molar-refractivity contribution in [3.05, 3.63) is 66.4 Å². The maximum atomic E-state index is 12.7. The number of hydrogen-bond acceptors (Lipinski definition) is 4. The molecule has 1 saturated heterocycles. The second-order valence-corrected chi connectivity index (χ2v) is 7.77. The van der Waals surface area contributed by atoms with Gasteiger partial charge in [0.2, 0.25) is 5.91 Å². The van der Waals surface area contributed by atoms with Crippen LogP contribution in [0.25, 0.3) is 10.9 Å². The van der Waals surface area contributed by atoms with E-state index in [9.17, 15) is 4.79 Å². The Bertz CT molecular complexity index is 976. The zero-order valence-electron chi connectivity index (χ0n) is 17.0. The second kappa shape index (κ2) is 9.05. The molecule has 1 amide bonds. The standard InChI is InChI=1S/C24H28N4O/c1-27(17-19-9-3-4-13-23(19)28-15-5-2-6-16-28)18-24(29)26-22-12-7-11-21-20(22)10-8-14-25-21/h3-4,7-14H,2,5-6,15-18H2,1H3,(H,26,29). The van der Waals surface area contributed by atoms with Gasteiger partial charge in [0, 0.05) is 36.9 Å². The van der Waals surface area contributed by atoms with Crippen LogP contribution in [-0.2, 0) is 11.3 Å². The number of aromatic nitrogens is 1. The minimum Gasteiger partial charge on any atom is -0.371 e. The van der Waals surface area contributed by atoms with E-state index in [4.69, 9.17) is 0 Å². The molecule has 5 heteroatoms. The number of likely N-dealkylation sites (N-methyl/N-ethyl adjacent to an activating group) is 1. The Morgan fingerprint density at radius 3 is 2.72 bits per heavy atom. The molecule has 0 spiro atoms. The molecule has 2 aromatic carbocycles. The first-order valence-electron chi connectivity index (χ1n) is 10.4. The van der Waals surface area contributed by atoms with Gasteiger partial charge < -0.3 is 10.2 Å². The van der Waals surface area contributed by atoms with Crippen LogP contribution >= 0.6 is 0 Å². The highest BCUT2D eigenvalue weighted by Crippen LogP contribution is 2.25. The van der Waals surface area contributed by atoms with Gasteiger partial charge >= 0.3 is 0 Å². The normalized spacial score (nSPS) is 14.3. The van der Waals surface area contributed by atoms with Crippen LogP contribution in [-0.4, -0.2) is 42.5 Å². The van der Waals surface area contributed by atoms with E-state index in [1.165, 1.54) is 30.5 Å². The van der Waals surface area contributed by atoms with E-state index >= 15 is 0 Å². The second-order valence-electron chi connectivity index (χ2n) is 7.77. The van der Waals surface area contributed by atoms with Crippen LogP contribution in [0.5, 0.6) is 0 Å². The van der Waals surface area contributed by atoms with Crippen LogP contribution in [0, 0.1) is 0 Å². The molecule has 3 aromatic rings. The van der Waals surface area contributed by atoms with E-state index in [-0.39, 0.29) is 5.91 Å². The number of piperidine rings is 1. The summed E-state index contributed by atoms with van der Waals surface area (Å²) in [4.78, 5) is 21.6.